The molecule has 5 rings (SSSR count). The molecule has 0 atom stereocenters. The second-order valence-corrected chi connectivity index (χ2v) is 15.1. The van der Waals surface area contributed by atoms with Gasteiger partial charge in [0.15, 0.2) is 0 Å². The Bertz CT molecular complexity index is 450. The van der Waals surface area contributed by atoms with Crippen molar-refractivity contribution in [2.75, 3.05) is 0 Å². The first-order valence-corrected chi connectivity index (χ1v) is 20.5. The molecule has 254 valence electrons. The van der Waals surface area contributed by atoms with Gasteiger partial charge < -0.3 is 0 Å². The summed E-state index contributed by atoms with van der Waals surface area (Å²) in [7, 11) is 0. The van der Waals surface area contributed by atoms with Crippen LogP contribution in [-0.4, -0.2) is 0 Å². The number of hydrogen-bond donors (Lipinski definition) is 0. The Balaban J connectivity index is 0.000000532. The third-order valence-corrected chi connectivity index (χ3v) is 11.0. The maximum Gasteiger partial charge on any atom is -0.0386 e. The quantitative estimate of drug-likeness (QED) is 0.285. The minimum absolute atomic E-state index is 1.01. The van der Waals surface area contributed by atoms with Crippen molar-refractivity contribution in [3.8, 4) is 0 Å². The largest absolute Gasteiger partial charge is 0.0683 e. The van der Waals surface area contributed by atoms with Gasteiger partial charge in [-0.15, -0.1) is 0 Å². The molecular weight excluding hydrogens is 504 g/mol. The van der Waals surface area contributed by atoms with Crippen LogP contribution in [0, 0.1) is 35.5 Å². The van der Waals surface area contributed by atoms with Crippen LogP contribution in [0.2, 0.25) is 0 Å². The Morgan fingerprint density at radius 1 is 0.214 bits per heavy atom. The zero-order valence-electron chi connectivity index (χ0n) is 31.3. The molecule has 0 saturated heterocycles. The molecule has 0 bridgehead atoms. The monoisotopic (exact) mass is 591 g/mol. The molecule has 5 fully saturated rings. The van der Waals surface area contributed by atoms with E-state index >= 15 is 0 Å². The Morgan fingerprint density at radius 2 is 0.381 bits per heavy atom. The van der Waals surface area contributed by atoms with Crippen molar-refractivity contribution in [1.29, 1.82) is 0 Å². The van der Waals surface area contributed by atoms with E-state index in [1.807, 2.05) is 27.7 Å². The van der Waals surface area contributed by atoms with Crippen LogP contribution in [0.15, 0.2) is 0 Å². The van der Waals surface area contributed by atoms with E-state index in [9.17, 15) is 0 Å². The van der Waals surface area contributed by atoms with Gasteiger partial charge in [-0.05, 0) is 35.5 Å². The lowest BCUT2D eigenvalue weighted by atomic mass is 9.79. The highest BCUT2D eigenvalue weighted by atomic mass is 14.3. The average Bonchev–Trinajstić information content (AvgIpc) is 3.68. The van der Waals surface area contributed by atoms with Gasteiger partial charge in [0.05, 0.1) is 0 Å². The molecule has 0 aromatic heterocycles. The fourth-order valence-electron chi connectivity index (χ4n) is 8.10. The summed E-state index contributed by atoms with van der Waals surface area (Å²) in [6.45, 7) is 17.6. The summed E-state index contributed by atoms with van der Waals surface area (Å²) >= 11 is 0. The molecule has 0 radical (unpaired) electrons. The summed E-state index contributed by atoms with van der Waals surface area (Å²) in [6, 6.07) is 0. The smallest absolute Gasteiger partial charge is 0.0386 e. The normalized spacial score (nSPS) is 26.9. The minimum Gasteiger partial charge on any atom is -0.0683 e. The molecular formula is C42H86. The topological polar surface area (TPSA) is 0 Å². The van der Waals surface area contributed by atoms with Gasteiger partial charge in [-0.25, -0.2) is 0 Å². The van der Waals surface area contributed by atoms with E-state index < -0.39 is 0 Å². The van der Waals surface area contributed by atoms with Crippen molar-refractivity contribution in [2.24, 2.45) is 35.5 Å². The Kier molecular flexibility index (Phi) is 31.0. The van der Waals surface area contributed by atoms with Crippen molar-refractivity contribution >= 4 is 0 Å². The van der Waals surface area contributed by atoms with Gasteiger partial charge in [-0.1, -0.05) is 235 Å². The summed E-state index contributed by atoms with van der Waals surface area (Å²) in [4.78, 5) is 0. The SMILES string of the molecule is CC.CC.CC1CCCC(C2CCCC2)CCC1.CC1CCCC1.CC1CCCCCCC1.CC1CCCCCCC1. The lowest BCUT2D eigenvalue weighted by Crippen LogP contribution is -2.15. The lowest BCUT2D eigenvalue weighted by Gasteiger charge is -2.27. The van der Waals surface area contributed by atoms with E-state index in [0.29, 0.717) is 0 Å². The molecule has 0 aliphatic heterocycles. The van der Waals surface area contributed by atoms with Crippen LogP contribution in [0.25, 0.3) is 0 Å². The maximum atomic E-state index is 2.44. The van der Waals surface area contributed by atoms with Crippen molar-refractivity contribution < 1.29 is 0 Å². The van der Waals surface area contributed by atoms with Gasteiger partial charge in [0.2, 0.25) is 0 Å². The summed E-state index contributed by atoms with van der Waals surface area (Å²) < 4.78 is 0. The van der Waals surface area contributed by atoms with Crippen LogP contribution in [0.1, 0.15) is 235 Å². The molecule has 0 amide bonds. The molecule has 0 N–H and O–H groups in total. The van der Waals surface area contributed by atoms with Crippen molar-refractivity contribution in [3.63, 3.8) is 0 Å². The molecule has 5 aliphatic rings. The van der Waals surface area contributed by atoms with Gasteiger partial charge in [-0.2, -0.15) is 0 Å². The second-order valence-electron chi connectivity index (χ2n) is 15.1. The summed E-state index contributed by atoms with van der Waals surface area (Å²) in [5.74, 6) is 6.34. The maximum absolute atomic E-state index is 2.44. The Labute approximate surface area is 270 Å². The van der Waals surface area contributed by atoms with Crippen molar-refractivity contribution in [3.05, 3.63) is 0 Å². The van der Waals surface area contributed by atoms with Crippen molar-refractivity contribution in [2.45, 2.75) is 235 Å². The van der Waals surface area contributed by atoms with Gasteiger partial charge in [-0.3, -0.25) is 0 Å². The predicted octanol–water partition coefficient (Wildman–Crippen LogP) is 15.8. The van der Waals surface area contributed by atoms with Crippen LogP contribution >= 0.6 is 0 Å². The Hall–Kier alpha value is 0. The standard InChI is InChI=1S/C14H26.2C9H18.C6H12.2C2H6/c1-12-6-4-10-14(11-5-7-12)13-8-2-3-9-13;2*1-9-7-5-3-2-4-6-8-9;1-6-4-2-3-5-6;2*1-2/h12-14H,2-11H2,1H3;2*9H,2-8H2,1H3;6H,2-5H2,1H3;2*1-2H3. The first-order valence-electron chi connectivity index (χ1n) is 20.5. The minimum atomic E-state index is 1.01. The van der Waals surface area contributed by atoms with Crippen LogP contribution in [0.4, 0.5) is 0 Å². The van der Waals surface area contributed by atoms with Crippen LogP contribution < -0.4 is 0 Å². The molecule has 0 nitrogen and oxygen atoms in total. The van der Waals surface area contributed by atoms with Gasteiger partial charge in [0.1, 0.15) is 0 Å². The molecule has 0 aromatic rings. The van der Waals surface area contributed by atoms with E-state index in [0.717, 1.165) is 35.5 Å². The molecule has 0 heteroatoms. The first-order chi connectivity index (χ1) is 20.5. The number of hydrogen-bond acceptors (Lipinski definition) is 0. The molecule has 0 unspecified atom stereocenters. The summed E-state index contributed by atoms with van der Waals surface area (Å²) in [5, 5.41) is 0. The van der Waals surface area contributed by atoms with E-state index in [2.05, 4.69) is 27.7 Å². The van der Waals surface area contributed by atoms with Crippen LogP contribution in [-0.2, 0) is 0 Å². The average molecular weight is 591 g/mol. The van der Waals surface area contributed by atoms with E-state index in [1.165, 1.54) is 154 Å². The highest BCUT2D eigenvalue weighted by Gasteiger charge is 2.25. The first kappa shape index (κ1) is 42.0. The zero-order chi connectivity index (χ0) is 31.3. The van der Waals surface area contributed by atoms with E-state index in [1.54, 1.807) is 25.7 Å². The predicted molar refractivity (Wildman–Crippen MR) is 196 cm³/mol. The summed E-state index contributed by atoms with van der Waals surface area (Å²) in [5.41, 5.74) is 0. The molecule has 0 heterocycles. The summed E-state index contributed by atoms with van der Waals surface area (Å²) in [6.07, 6.45) is 42.1. The highest BCUT2D eigenvalue weighted by Crippen LogP contribution is 2.38. The molecule has 5 aliphatic carbocycles. The molecule has 42 heavy (non-hydrogen) atoms. The van der Waals surface area contributed by atoms with E-state index in [-0.39, 0.29) is 0 Å². The van der Waals surface area contributed by atoms with Gasteiger partial charge in [0.25, 0.3) is 0 Å². The third kappa shape index (κ3) is 24.3. The molecule has 5 saturated carbocycles. The zero-order valence-corrected chi connectivity index (χ0v) is 31.3. The van der Waals surface area contributed by atoms with Crippen molar-refractivity contribution in [1.82, 2.24) is 0 Å². The second kappa shape index (κ2) is 31.0. The van der Waals surface area contributed by atoms with Crippen LogP contribution in [0.3, 0.4) is 0 Å². The van der Waals surface area contributed by atoms with E-state index in [4.69, 9.17) is 0 Å². The fraction of sp³-hybridized carbons (Fsp3) is 1.00. The highest BCUT2D eigenvalue weighted by molar-refractivity contribution is 4.77. The lowest BCUT2D eigenvalue weighted by molar-refractivity contribution is 0.250. The molecule has 0 spiro atoms. The fourth-order valence-corrected chi connectivity index (χ4v) is 8.10. The molecule has 0 aromatic carbocycles. The van der Waals surface area contributed by atoms with Crippen LogP contribution in [0.5, 0.6) is 0 Å². The Morgan fingerprint density at radius 3 is 0.643 bits per heavy atom. The van der Waals surface area contributed by atoms with Gasteiger partial charge >= 0.3 is 0 Å². The third-order valence-electron chi connectivity index (χ3n) is 11.0. The van der Waals surface area contributed by atoms with Gasteiger partial charge in [0, 0.05) is 0 Å². The number of rotatable bonds is 1.